The fraction of sp³-hybridized carbons (Fsp3) is 0. The van der Waals surface area contributed by atoms with Crippen molar-refractivity contribution in [2.24, 2.45) is 0 Å². The van der Waals surface area contributed by atoms with Crippen LogP contribution >= 0.6 is 23.2 Å². The molecule has 0 radical (unpaired) electrons. The van der Waals surface area contributed by atoms with Crippen LogP contribution in [0.2, 0.25) is 10.0 Å². The van der Waals surface area contributed by atoms with Gasteiger partial charge in [-0.05, 0) is 30.3 Å². The van der Waals surface area contributed by atoms with E-state index in [1.54, 1.807) is 24.3 Å². The molecule has 0 aliphatic rings. The van der Waals surface area contributed by atoms with Gasteiger partial charge in [-0.15, -0.1) is 0 Å². The highest BCUT2D eigenvalue weighted by Gasteiger charge is 2.12. The highest BCUT2D eigenvalue weighted by atomic mass is 35.5. The topological polar surface area (TPSA) is 66.4 Å². The monoisotopic (exact) mass is 309 g/mol. The summed E-state index contributed by atoms with van der Waals surface area (Å²) in [5, 5.41) is 11.9. The lowest BCUT2D eigenvalue weighted by atomic mass is 10.2. The van der Waals surface area contributed by atoms with Crippen LogP contribution in [0.15, 0.2) is 42.5 Å². The van der Waals surface area contributed by atoms with Gasteiger partial charge in [0.25, 0.3) is 5.91 Å². The molecule has 2 aromatic carbocycles. The van der Waals surface area contributed by atoms with E-state index in [4.69, 9.17) is 28.3 Å². The molecule has 4 nitrogen and oxygen atoms in total. The minimum absolute atomic E-state index is 0.0255. The molecule has 6 heteroatoms. The van der Waals surface area contributed by atoms with Crippen molar-refractivity contribution in [2.75, 3.05) is 5.32 Å². The van der Waals surface area contributed by atoms with Crippen molar-refractivity contribution >= 4 is 40.8 Å². The standard InChI is InChI=1S/C14H9Cl2NO3/c15-11-4-2-1-3-9(11)13(18)17-8-5-6-10(14(19)20)12(16)7-8/h1-7H,(H,17,18)(H,19,20). The molecule has 0 saturated carbocycles. The minimum atomic E-state index is -1.13. The summed E-state index contributed by atoms with van der Waals surface area (Å²) in [6.45, 7) is 0. The van der Waals surface area contributed by atoms with E-state index in [0.29, 0.717) is 16.3 Å². The molecule has 2 aromatic rings. The van der Waals surface area contributed by atoms with Gasteiger partial charge in [0, 0.05) is 5.69 Å². The first-order valence-electron chi connectivity index (χ1n) is 5.58. The maximum atomic E-state index is 12.0. The van der Waals surface area contributed by atoms with E-state index in [0.717, 1.165) is 0 Å². The second-order valence-electron chi connectivity index (χ2n) is 3.93. The first kappa shape index (κ1) is 14.4. The van der Waals surface area contributed by atoms with Crippen LogP contribution in [0.1, 0.15) is 20.7 Å². The number of rotatable bonds is 3. The van der Waals surface area contributed by atoms with Crippen LogP contribution in [0.4, 0.5) is 5.69 Å². The molecule has 0 bridgehead atoms. The number of carboxylic acids is 1. The lowest BCUT2D eigenvalue weighted by molar-refractivity contribution is 0.0697. The third-order valence-electron chi connectivity index (χ3n) is 2.58. The Morgan fingerprint density at radius 2 is 1.65 bits per heavy atom. The lowest BCUT2D eigenvalue weighted by Crippen LogP contribution is -2.12. The maximum Gasteiger partial charge on any atom is 0.337 e. The fourth-order valence-electron chi connectivity index (χ4n) is 1.61. The van der Waals surface area contributed by atoms with E-state index in [2.05, 4.69) is 5.32 Å². The lowest BCUT2D eigenvalue weighted by Gasteiger charge is -2.08. The van der Waals surface area contributed by atoms with Crippen LogP contribution in [0, 0.1) is 0 Å². The SMILES string of the molecule is O=C(O)c1ccc(NC(=O)c2ccccc2Cl)cc1Cl. The Morgan fingerprint density at radius 1 is 0.950 bits per heavy atom. The van der Waals surface area contributed by atoms with E-state index >= 15 is 0 Å². The predicted octanol–water partition coefficient (Wildman–Crippen LogP) is 3.94. The summed E-state index contributed by atoms with van der Waals surface area (Å²) >= 11 is 11.7. The van der Waals surface area contributed by atoms with Gasteiger partial charge in [0.05, 0.1) is 21.2 Å². The zero-order valence-corrected chi connectivity index (χ0v) is 11.6. The molecule has 102 valence electrons. The summed E-state index contributed by atoms with van der Waals surface area (Å²) in [5.74, 6) is -1.52. The van der Waals surface area contributed by atoms with Crippen molar-refractivity contribution in [3.63, 3.8) is 0 Å². The number of carboxylic acid groups (broad SMARTS) is 1. The fourth-order valence-corrected chi connectivity index (χ4v) is 2.09. The van der Waals surface area contributed by atoms with Crippen molar-refractivity contribution in [2.45, 2.75) is 0 Å². The first-order chi connectivity index (χ1) is 9.49. The Labute approximate surface area is 124 Å². The number of nitrogens with one attached hydrogen (secondary N) is 1. The predicted molar refractivity (Wildman–Crippen MR) is 77.8 cm³/mol. The Bertz CT molecular complexity index is 686. The molecule has 0 aliphatic heterocycles. The van der Waals surface area contributed by atoms with E-state index in [9.17, 15) is 9.59 Å². The van der Waals surface area contributed by atoms with Gasteiger partial charge in [0.2, 0.25) is 0 Å². The Hall–Kier alpha value is -2.04. The minimum Gasteiger partial charge on any atom is -0.478 e. The summed E-state index contributed by atoms with van der Waals surface area (Å²) < 4.78 is 0. The zero-order valence-electron chi connectivity index (χ0n) is 10.1. The van der Waals surface area contributed by atoms with E-state index in [1.807, 2.05) is 0 Å². The van der Waals surface area contributed by atoms with Crippen molar-refractivity contribution in [1.82, 2.24) is 0 Å². The number of aromatic carboxylic acids is 1. The van der Waals surface area contributed by atoms with Gasteiger partial charge in [0.15, 0.2) is 0 Å². The van der Waals surface area contributed by atoms with Crippen LogP contribution in [0.5, 0.6) is 0 Å². The summed E-state index contributed by atoms with van der Waals surface area (Å²) in [4.78, 5) is 22.8. The molecule has 2 rings (SSSR count). The molecule has 0 spiro atoms. The number of carbonyl (C=O) groups excluding carboxylic acids is 1. The van der Waals surface area contributed by atoms with E-state index < -0.39 is 11.9 Å². The highest BCUT2D eigenvalue weighted by molar-refractivity contribution is 6.35. The Kier molecular flexibility index (Phi) is 4.27. The summed E-state index contributed by atoms with van der Waals surface area (Å²) in [7, 11) is 0. The van der Waals surface area contributed by atoms with Crippen molar-refractivity contribution in [3.05, 3.63) is 63.6 Å². The van der Waals surface area contributed by atoms with Crippen molar-refractivity contribution < 1.29 is 14.7 Å². The molecule has 20 heavy (non-hydrogen) atoms. The Morgan fingerprint density at radius 3 is 2.25 bits per heavy atom. The summed E-state index contributed by atoms with van der Waals surface area (Å²) in [6.07, 6.45) is 0. The quantitative estimate of drug-likeness (QED) is 0.902. The van der Waals surface area contributed by atoms with Gasteiger partial charge in [-0.1, -0.05) is 35.3 Å². The summed E-state index contributed by atoms with van der Waals surface area (Å²) in [6, 6.07) is 10.8. The molecule has 0 atom stereocenters. The number of amides is 1. The number of halogens is 2. The highest BCUT2D eigenvalue weighted by Crippen LogP contribution is 2.22. The van der Waals surface area contributed by atoms with Crippen molar-refractivity contribution in [1.29, 1.82) is 0 Å². The van der Waals surface area contributed by atoms with Crippen LogP contribution in [-0.4, -0.2) is 17.0 Å². The van der Waals surface area contributed by atoms with Crippen LogP contribution in [0.25, 0.3) is 0 Å². The van der Waals surface area contributed by atoms with Gasteiger partial charge in [-0.3, -0.25) is 4.79 Å². The van der Waals surface area contributed by atoms with Gasteiger partial charge in [-0.25, -0.2) is 4.79 Å². The van der Waals surface area contributed by atoms with Gasteiger partial charge >= 0.3 is 5.97 Å². The van der Waals surface area contributed by atoms with Crippen LogP contribution < -0.4 is 5.32 Å². The zero-order chi connectivity index (χ0) is 14.7. The van der Waals surface area contributed by atoms with Gasteiger partial charge in [0.1, 0.15) is 0 Å². The molecule has 0 unspecified atom stereocenters. The molecule has 0 saturated heterocycles. The Balaban J connectivity index is 2.23. The van der Waals surface area contributed by atoms with Crippen LogP contribution in [0.3, 0.4) is 0 Å². The summed E-state index contributed by atoms with van der Waals surface area (Å²) in [5.41, 5.74) is 0.694. The molecular formula is C14H9Cl2NO3. The van der Waals surface area contributed by atoms with Gasteiger partial charge < -0.3 is 10.4 Å². The second kappa shape index (κ2) is 5.94. The second-order valence-corrected chi connectivity index (χ2v) is 4.75. The number of anilines is 1. The third kappa shape index (κ3) is 3.10. The van der Waals surface area contributed by atoms with E-state index in [1.165, 1.54) is 18.2 Å². The number of carbonyl (C=O) groups is 2. The largest absolute Gasteiger partial charge is 0.478 e. The van der Waals surface area contributed by atoms with E-state index in [-0.39, 0.29) is 10.6 Å². The van der Waals surface area contributed by atoms with Gasteiger partial charge in [-0.2, -0.15) is 0 Å². The molecule has 0 aromatic heterocycles. The third-order valence-corrected chi connectivity index (χ3v) is 3.22. The molecule has 1 amide bonds. The molecule has 0 aliphatic carbocycles. The first-order valence-corrected chi connectivity index (χ1v) is 6.33. The molecule has 2 N–H and O–H groups in total. The average molecular weight is 310 g/mol. The average Bonchev–Trinajstić information content (AvgIpc) is 2.38. The molecule has 0 heterocycles. The number of benzene rings is 2. The normalized spacial score (nSPS) is 10.1. The molecular weight excluding hydrogens is 301 g/mol. The van der Waals surface area contributed by atoms with Crippen LogP contribution in [-0.2, 0) is 0 Å². The van der Waals surface area contributed by atoms with Crippen molar-refractivity contribution in [3.8, 4) is 0 Å². The number of hydrogen-bond donors (Lipinski definition) is 2. The molecule has 0 fully saturated rings. The smallest absolute Gasteiger partial charge is 0.337 e. The number of hydrogen-bond acceptors (Lipinski definition) is 2. The maximum absolute atomic E-state index is 12.0.